The van der Waals surface area contributed by atoms with Crippen molar-refractivity contribution in [1.29, 1.82) is 0 Å². The number of hydrazone groups is 1. The summed E-state index contributed by atoms with van der Waals surface area (Å²) in [6.07, 6.45) is 0.555. The van der Waals surface area contributed by atoms with Gasteiger partial charge in [0.25, 0.3) is 0 Å². The van der Waals surface area contributed by atoms with Gasteiger partial charge in [-0.15, -0.1) is 0 Å². The lowest BCUT2D eigenvalue weighted by molar-refractivity contribution is -0.130. The number of aromatic nitrogens is 1. The molecule has 2 aromatic carbocycles. The zero-order valence-corrected chi connectivity index (χ0v) is 18.3. The fourth-order valence-electron chi connectivity index (χ4n) is 4.02. The number of ether oxygens (including phenoxy) is 3. The largest absolute Gasteiger partial charge is 0.493 e. The first-order valence-corrected chi connectivity index (χ1v) is 10.0. The summed E-state index contributed by atoms with van der Waals surface area (Å²) in [5.74, 6) is 1.45. The third-order valence-electron chi connectivity index (χ3n) is 5.53. The maximum atomic E-state index is 12.5. The zero-order chi connectivity index (χ0) is 22.1. The number of fused-ring (bicyclic) bond motifs is 1. The molecule has 0 N–H and O–H groups in total. The summed E-state index contributed by atoms with van der Waals surface area (Å²) in [5, 5.41) is 7.24. The molecule has 4 rings (SSSR count). The second kappa shape index (κ2) is 8.26. The van der Waals surface area contributed by atoms with E-state index < -0.39 is 0 Å². The van der Waals surface area contributed by atoms with Gasteiger partial charge in [0.2, 0.25) is 11.7 Å². The third-order valence-corrected chi connectivity index (χ3v) is 5.53. The molecule has 31 heavy (non-hydrogen) atoms. The number of hydrogen-bond acceptors (Lipinski definition) is 6. The second-order valence-corrected chi connectivity index (χ2v) is 7.40. The standard InChI is InChI=1S/C24H25N3O4/c1-14-18(10-16-8-6-7-9-19(16)25-14)20-13-21(27(26-20)15(2)28)17-11-22(29-3)24(31-5)23(12-17)30-4/h6-12,21H,13H2,1-5H3. The van der Waals surface area contributed by atoms with Crippen molar-refractivity contribution in [3.63, 3.8) is 0 Å². The Morgan fingerprint density at radius 1 is 1.03 bits per heavy atom. The van der Waals surface area contributed by atoms with Crippen molar-refractivity contribution in [2.45, 2.75) is 26.3 Å². The van der Waals surface area contributed by atoms with E-state index in [1.807, 2.05) is 43.3 Å². The van der Waals surface area contributed by atoms with Gasteiger partial charge in [-0.1, -0.05) is 18.2 Å². The van der Waals surface area contributed by atoms with Crippen molar-refractivity contribution in [1.82, 2.24) is 9.99 Å². The van der Waals surface area contributed by atoms with Crippen LogP contribution in [0.2, 0.25) is 0 Å². The maximum absolute atomic E-state index is 12.5. The molecule has 7 nitrogen and oxygen atoms in total. The minimum Gasteiger partial charge on any atom is -0.493 e. The number of carbonyl (C=O) groups excluding carboxylic acids is 1. The van der Waals surface area contributed by atoms with Crippen molar-refractivity contribution < 1.29 is 19.0 Å². The number of pyridine rings is 1. The van der Waals surface area contributed by atoms with Gasteiger partial charge in [0.15, 0.2) is 11.5 Å². The molecule has 1 amide bonds. The van der Waals surface area contributed by atoms with E-state index in [1.165, 1.54) is 11.9 Å². The van der Waals surface area contributed by atoms with Gasteiger partial charge in [-0.3, -0.25) is 9.78 Å². The number of rotatable bonds is 5. The van der Waals surface area contributed by atoms with E-state index >= 15 is 0 Å². The van der Waals surface area contributed by atoms with Gasteiger partial charge < -0.3 is 14.2 Å². The predicted molar refractivity (Wildman–Crippen MR) is 119 cm³/mol. The molecular weight excluding hydrogens is 394 g/mol. The minimum absolute atomic E-state index is 0.139. The highest BCUT2D eigenvalue weighted by molar-refractivity contribution is 6.05. The molecule has 0 fully saturated rings. The quantitative estimate of drug-likeness (QED) is 0.618. The van der Waals surface area contributed by atoms with E-state index in [0.717, 1.165) is 33.4 Å². The van der Waals surface area contributed by atoms with Gasteiger partial charge in [0.05, 0.1) is 38.6 Å². The molecule has 2 heterocycles. The molecule has 0 radical (unpaired) electrons. The summed E-state index contributed by atoms with van der Waals surface area (Å²) in [6.45, 7) is 3.48. The average molecular weight is 419 g/mol. The topological polar surface area (TPSA) is 73.3 Å². The van der Waals surface area contributed by atoms with Crippen molar-refractivity contribution in [3.05, 3.63) is 59.3 Å². The summed E-state index contributed by atoms with van der Waals surface area (Å²) >= 11 is 0. The lowest BCUT2D eigenvalue weighted by Crippen LogP contribution is -2.24. The van der Waals surface area contributed by atoms with Crippen LogP contribution in [0.25, 0.3) is 10.9 Å². The number of amides is 1. The number of benzene rings is 2. The van der Waals surface area contributed by atoms with Crippen LogP contribution in [-0.4, -0.2) is 42.9 Å². The lowest BCUT2D eigenvalue weighted by atomic mass is 9.96. The molecule has 1 atom stereocenters. The number of methoxy groups -OCH3 is 3. The van der Waals surface area contributed by atoms with E-state index in [1.54, 1.807) is 21.3 Å². The molecule has 0 aliphatic carbocycles. The highest BCUT2D eigenvalue weighted by atomic mass is 16.5. The Bertz CT molecular complexity index is 1160. The molecule has 1 aromatic heterocycles. The number of nitrogens with zero attached hydrogens (tertiary/aromatic N) is 3. The van der Waals surface area contributed by atoms with E-state index in [2.05, 4.69) is 11.2 Å². The smallest absolute Gasteiger partial charge is 0.240 e. The number of carbonyl (C=O) groups is 1. The van der Waals surface area contributed by atoms with Crippen LogP contribution in [0.3, 0.4) is 0 Å². The number of para-hydroxylation sites is 1. The van der Waals surface area contributed by atoms with Gasteiger partial charge >= 0.3 is 0 Å². The van der Waals surface area contributed by atoms with Crippen molar-refractivity contribution >= 4 is 22.5 Å². The van der Waals surface area contributed by atoms with Crippen LogP contribution >= 0.6 is 0 Å². The van der Waals surface area contributed by atoms with E-state index in [-0.39, 0.29) is 11.9 Å². The third kappa shape index (κ3) is 3.67. The summed E-state index contributed by atoms with van der Waals surface area (Å²) in [5.41, 5.74) is 4.44. The Labute approximate surface area is 181 Å². The Morgan fingerprint density at radius 3 is 2.32 bits per heavy atom. The van der Waals surface area contributed by atoms with Crippen molar-refractivity contribution in [3.8, 4) is 17.2 Å². The predicted octanol–water partition coefficient (Wildman–Crippen LogP) is 4.27. The maximum Gasteiger partial charge on any atom is 0.240 e. The Balaban J connectivity index is 1.78. The van der Waals surface area contributed by atoms with Gasteiger partial charge in [-0.05, 0) is 36.8 Å². The first kappa shape index (κ1) is 20.7. The summed E-state index contributed by atoms with van der Waals surface area (Å²) in [7, 11) is 4.71. The molecule has 0 saturated carbocycles. The Kier molecular flexibility index (Phi) is 5.50. The fourth-order valence-corrected chi connectivity index (χ4v) is 4.02. The van der Waals surface area contributed by atoms with E-state index in [0.29, 0.717) is 23.7 Å². The molecule has 0 bridgehead atoms. The Morgan fingerprint density at radius 2 is 1.71 bits per heavy atom. The molecule has 0 saturated heterocycles. The average Bonchev–Trinajstić information content (AvgIpc) is 3.23. The molecule has 0 spiro atoms. The summed E-state index contributed by atoms with van der Waals surface area (Å²) in [6, 6.07) is 13.5. The van der Waals surface area contributed by atoms with Gasteiger partial charge in [0.1, 0.15) is 0 Å². The molecular formula is C24H25N3O4. The van der Waals surface area contributed by atoms with Crippen LogP contribution < -0.4 is 14.2 Å². The highest BCUT2D eigenvalue weighted by Gasteiger charge is 2.33. The lowest BCUT2D eigenvalue weighted by Gasteiger charge is -2.22. The van der Waals surface area contributed by atoms with Crippen LogP contribution in [0.15, 0.2) is 47.6 Å². The highest BCUT2D eigenvalue weighted by Crippen LogP contribution is 2.43. The van der Waals surface area contributed by atoms with Gasteiger partial charge in [-0.25, -0.2) is 5.01 Å². The summed E-state index contributed by atoms with van der Waals surface area (Å²) < 4.78 is 16.4. The number of hydrogen-bond donors (Lipinski definition) is 0. The van der Waals surface area contributed by atoms with Crippen LogP contribution in [0, 0.1) is 6.92 Å². The molecule has 1 aliphatic heterocycles. The summed E-state index contributed by atoms with van der Waals surface area (Å²) in [4.78, 5) is 17.2. The molecule has 3 aromatic rings. The molecule has 160 valence electrons. The van der Waals surface area contributed by atoms with E-state index in [9.17, 15) is 4.79 Å². The first-order chi connectivity index (χ1) is 15.0. The van der Waals surface area contributed by atoms with Gasteiger partial charge in [-0.2, -0.15) is 5.10 Å². The number of aryl methyl sites for hydroxylation is 1. The zero-order valence-electron chi connectivity index (χ0n) is 18.3. The van der Waals surface area contributed by atoms with Crippen LogP contribution in [-0.2, 0) is 4.79 Å². The molecule has 1 aliphatic rings. The minimum atomic E-state index is -0.285. The SMILES string of the molecule is COc1cc(C2CC(c3cc4ccccc4nc3C)=NN2C(C)=O)cc(OC)c1OC. The van der Waals surface area contributed by atoms with Crippen molar-refractivity contribution in [2.75, 3.05) is 21.3 Å². The normalized spacial score (nSPS) is 15.7. The molecule has 7 heteroatoms. The Hall–Kier alpha value is -3.61. The van der Waals surface area contributed by atoms with Crippen LogP contribution in [0.1, 0.15) is 36.2 Å². The van der Waals surface area contributed by atoms with Crippen molar-refractivity contribution in [2.24, 2.45) is 5.10 Å². The van der Waals surface area contributed by atoms with Gasteiger partial charge in [0, 0.05) is 30.0 Å². The van der Waals surface area contributed by atoms with E-state index in [4.69, 9.17) is 19.2 Å². The first-order valence-electron chi connectivity index (χ1n) is 10.0. The van der Waals surface area contributed by atoms with Crippen LogP contribution in [0.4, 0.5) is 0 Å². The molecule has 1 unspecified atom stereocenters. The monoisotopic (exact) mass is 419 g/mol. The fraction of sp³-hybridized carbons (Fsp3) is 0.292. The van der Waals surface area contributed by atoms with Crippen LogP contribution in [0.5, 0.6) is 17.2 Å². The second-order valence-electron chi connectivity index (χ2n) is 7.40.